The molecule has 0 aliphatic carbocycles. The van der Waals surface area contributed by atoms with Crippen molar-refractivity contribution in [2.24, 2.45) is 0 Å². The summed E-state index contributed by atoms with van der Waals surface area (Å²) in [5, 5.41) is 9.04. The molecule has 1 aromatic carbocycles. The number of nitrogens with zero attached hydrogens (tertiary/aromatic N) is 2. The number of rotatable bonds is 5. The number of carboxylic acid groups (broad SMARTS) is 1. The first kappa shape index (κ1) is 13.4. The van der Waals surface area contributed by atoms with Crippen LogP contribution in [0.25, 0.3) is 0 Å². The highest BCUT2D eigenvalue weighted by molar-refractivity contribution is 7.98. The normalized spacial score (nSPS) is 10.2. The van der Waals surface area contributed by atoms with Gasteiger partial charge in [-0.3, -0.25) is 0 Å². The minimum absolute atomic E-state index is 0.137. The molecule has 2 rings (SSSR count). The summed E-state index contributed by atoms with van der Waals surface area (Å²) in [7, 11) is 1.61. The Bertz CT molecular complexity index is 590. The Balaban J connectivity index is 2.12. The van der Waals surface area contributed by atoms with Crippen molar-refractivity contribution in [2.45, 2.75) is 10.6 Å². The monoisotopic (exact) mass is 276 g/mol. The van der Waals surface area contributed by atoms with Gasteiger partial charge in [-0.05, 0) is 18.2 Å². The lowest BCUT2D eigenvalue weighted by atomic mass is 10.2. The Morgan fingerprint density at radius 2 is 2.32 bits per heavy atom. The van der Waals surface area contributed by atoms with Crippen molar-refractivity contribution < 1.29 is 14.6 Å². The molecule has 1 aromatic heterocycles. The van der Waals surface area contributed by atoms with Crippen LogP contribution in [-0.4, -0.2) is 28.2 Å². The largest absolute Gasteiger partial charge is 0.497 e. The van der Waals surface area contributed by atoms with Gasteiger partial charge in [0.05, 0.1) is 12.8 Å². The molecule has 1 heterocycles. The fourth-order valence-corrected chi connectivity index (χ4v) is 2.40. The van der Waals surface area contributed by atoms with Crippen molar-refractivity contribution in [3.8, 4) is 5.75 Å². The van der Waals surface area contributed by atoms with E-state index in [2.05, 4.69) is 9.97 Å². The zero-order chi connectivity index (χ0) is 13.7. The Kier molecular flexibility index (Phi) is 4.35. The van der Waals surface area contributed by atoms with Crippen LogP contribution in [0.3, 0.4) is 0 Å². The van der Waals surface area contributed by atoms with Crippen LogP contribution in [0.2, 0.25) is 0 Å². The summed E-state index contributed by atoms with van der Waals surface area (Å²) in [6.07, 6.45) is 2.67. The summed E-state index contributed by atoms with van der Waals surface area (Å²) in [5.74, 6) is 0.227. The standard InChI is InChI=1S/C13H12N2O3S/c1-18-9-3-2-4-10(5-9)19-7-12-11(13(16)17)6-14-8-15-12/h2-6,8H,7H2,1H3,(H,16,17). The number of aromatic carboxylic acids is 1. The molecule has 0 radical (unpaired) electrons. The first-order valence-electron chi connectivity index (χ1n) is 5.49. The molecule has 0 saturated heterocycles. The molecule has 0 saturated carbocycles. The van der Waals surface area contributed by atoms with Crippen LogP contribution >= 0.6 is 11.8 Å². The molecule has 0 unspecified atom stereocenters. The molecular weight excluding hydrogens is 264 g/mol. The van der Waals surface area contributed by atoms with Crippen molar-refractivity contribution in [3.05, 3.63) is 48.0 Å². The van der Waals surface area contributed by atoms with Crippen molar-refractivity contribution >= 4 is 17.7 Å². The predicted molar refractivity (Wildman–Crippen MR) is 71.5 cm³/mol. The van der Waals surface area contributed by atoms with Crippen molar-refractivity contribution in [1.82, 2.24) is 9.97 Å². The van der Waals surface area contributed by atoms with Crippen LogP contribution in [0.1, 0.15) is 16.1 Å². The molecule has 1 N–H and O–H groups in total. The maximum absolute atomic E-state index is 11.0. The van der Waals surface area contributed by atoms with Gasteiger partial charge in [0.15, 0.2) is 0 Å². The van der Waals surface area contributed by atoms with Gasteiger partial charge >= 0.3 is 5.97 Å². The van der Waals surface area contributed by atoms with E-state index in [0.717, 1.165) is 10.6 Å². The summed E-state index contributed by atoms with van der Waals surface area (Å²) in [4.78, 5) is 19.8. The third-order valence-corrected chi connectivity index (χ3v) is 3.45. The van der Waals surface area contributed by atoms with E-state index in [9.17, 15) is 4.79 Å². The lowest BCUT2D eigenvalue weighted by Gasteiger charge is -2.05. The summed E-state index contributed by atoms with van der Waals surface area (Å²) in [6, 6.07) is 7.58. The van der Waals surface area contributed by atoms with E-state index in [0.29, 0.717) is 11.4 Å². The average Bonchev–Trinajstić information content (AvgIpc) is 2.45. The number of thioether (sulfide) groups is 1. The highest BCUT2D eigenvalue weighted by Crippen LogP contribution is 2.26. The number of methoxy groups -OCH3 is 1. The summed E-state index contributed by atoms with van der Waals surface area (Å²) < 4.78 is 5.14. The molecule has 98 valence electrons. The van der Waals surface area contributed by atoms with Gasteiger partial charge in [0, 0.05) is 16.8 Å². The number of hydrogen-bond donors (Lipinski definition) is 1. The Morgan fingerprint density at radius 3 is 3.05 bits per heavy atom. The highest BCUT2D eigenvalue weighted by Gasteiger charge is 2.11. The van der Waals surface area contributed by atoms with Crippen molar-refractivity contribution in [1.29, 1.82) is 0 Å². The average molecular weight is 276 g/mol. The van der Waals surface area contributed by atoms with Crippen LogP contribution in [-0.2, 0) is 5.75 Å². The number of ether oxygens (including phenoxy) is 1. The SMILES string of the molecule is COc1cccc(SCc2ncncc2C(=O)O)c1. The van der Waals surface area contributed by atoms with Gasteiger partial charge in [0.2, 0.25) is 0 Å². The fourth-order valence-electron chi connectivity index (χ4n) is 1.49. The summed E-state index contributed by atoms with van der Waals surface area (Å²) >= 11 is 1.50. The molecule has 5 nitrogen and oxygen atoms in total. The predicted octanol–water partition coefficient (Wildman–Crippen LogP) is 2.48. The third kappa shape index (κ3) is 3.45. The fraction of sp³-hybridized carbons (Fsp3) is 0.154. The summed E-state index contributed by atoms with van der Waals surface area (Å²) in [5.41, 5.74) is 0.646. The molecule has 2 aromatic rings. The third-order valence-electron chi connectivity index (χ3n) is 2.44. The second-order valence-corrected chi connectivity index (χ2v) is 4.70. The lowest BCUT2D eigenvalue weighted by molar-refractivity contribution is 0.0695. The van der Waals surface area contributed by atoms with E-state index in [4.69, 9.17) is 9.84 Å². The molecule has 0 fully saturated rings. The van der Waals surface area contributed by atoms with Gasteiger partial charge < -0.3 is 9.84 Å². The maximum atomic E-state index is 11.0. The first-order chi connectivity index (χ1) is 9.20. The van der Waals surface area contributed by atoms with Gasteiger partial charge in [-0.1, -0.05) is 6.07 Å². The number of hydrogen-bond acceptors (Lipinski definition) is 5. The zero-order valence-electron chi connectivity index (χ0n) is 10.2. The second-order valence-electron chi connectivity index (χ2n) is 3.66. The maximum Gasteiger partial charge on any atom is 0.339 e. The van der Waals surface area contributed by atoms with Gasteiger partial charge in [0.25, 0.3) is 0 Å². The number of aromatic nitrogens is 2. The molecule has 0 aliphatic heterocycles. The Labute approximate surface area is 114 Å². The molecule has 0 aliphatic rings. The van der Waals surface area contributed by atoms with Gasteiger partial charge in [-0.15, -0.1) is 11.8 Å². The van der Waals surface area contributed by atoms with Crippen LogP contribution in [0.4, 0.5) is 0 Å². The van der Waals surface area contributed by atoms with E-state index in [1.807, 2.05) is 24.3 Å². The second kappa shape index (κ2) is 6.19. The highest BCUT2D eigenvalue weighted by atomic mass is 32.2. The smallest absolute Gasteiger partial charge is 0.339 e. The lowest BCUT2D eigenvalue weighted by Crippen LogP contribution is -2.04. The van der Waals surface area contributed by atoms with Crippen LogP contribution in [0, 0.1) is 0 Å². The molecular formula is C13H12N2O3S. The van der Waals surface area contributed by atoms with Crippen molar-refractivity contribution in [2.75, 3.05) is 7.11 Å². The quantitative estimate of drug-likeness (QED) is 0.846. The Hall–Kier alpha value is -2.08. The molecule has 0 amide bonds. The van der Waals surface area contributed by atoms with Crippen LogP contribution in [0.15, 0.2) is 41.7 Å². The number of carboxylic acids is 1. The molecule has 0 atom stereocenters. The molecule has 19 heavy (non-hydrogen) atoms. The van der Waals surface area contributed by atoms with E-state index in [1.165, 1.54) is 24.3 Å². The van der Waals surface area contributed by atoms with Crippen molar-refractivity contribution in [3.63, 3.8) is 0 Å². The topological polar surface area (TPSA) is 72.3 Å². The van der Waals surface area contributed by atoms with E-state index in [-0.39, 0.29) is 5.56 Å². The minimum atomic E-state index is -1.01. The zero-order valence-corrected chi connectivity index (χ0v) is 11.1. The molecule has 6 heteroatoms. The van der Waals surface area contributed by atoms with Gasteiger partial charge in [-0.2, -0.15) is 0 Å². The molecule has 0 spiro atoms. The number of carbonyl (C=O) groups is 1. The van der Waals surface area contributed by atoms with Crippen LogP contribution < -0.4 is 4.74 Å². The summed E-state index contributed by atoms with van der Waals surface area (Å²) in [6.45, 7) is 0. The van der Waals surface area contributed by atoms with Crippen LogP contribution in [0.5, 0.6) is 5.75 Å². The van der Waals surface area contributed by atoms with E-state index < -0.39 is 5.97 Å². The first-order valence-corrected chi connectivity index (χ1v) is 6.48. The van der Waals surface area contributed by atoms with Gasteiger partial charge in [0.1, 0.15) is 17.6 Å². The Morgan fingerprint density at radius 1 is 1.47 bits per heavy atom. The van der Waals surface area contributed by atoms with Gasteiger partial charge in [-0.25, -0.2) is 14.8 Å². The number of benzene rings is 1. The molecule has 0 bridgehead atoms. The van der Waals surface area contributed by atoms with E-state index >= 15 is 0 Å². The minimum Gasteiger partial charge on any atom is -0.497 e. The van der Waals surface area contributed by atoms with E-state index in [1.54, 1.807) is 7.11 Å².